The summed E-state index contributed by atoms with van der Waals surface area (Å²) in [4.78, 5) is 34.6. The molecule has 0 aliphatic carbocycles. The zero-order chi connectivity index (χ0) is 18.2. The van der Waals surface area contributed by atoms with Crippen LogP contribution in [0.1, 0.15) is 53.4 Å². The molecule has 0 saturated carbocycles. The lowest BCUT2D eigenvalue weighted by molar-refractivity contribution is -0.138. The van der Waals surface area contributed by atoms with Gasteiger partial charge in [0.15, 0.2) is 0 Å². The second kappa shape index (κ2) is 9.08. The van der Waals surface area contributed by atoms with Crippen molar-refractivity contribution in [2.45, 2.75) is 64.6 Å². The van der Waals surface area contributed by atoms with E-state index in [-0.39, 0.29) is 17.4 Å². The second-order valence-corrected chi connectivity index (χ2v) is 7.19. The SMILES string of the molecule is CC(C)(CCOC(C)(C)CCN1C(=O)C=CC1=O)OCCCC=O. The van der Waals surface area contributed by atoms with E-state index in [0.717, 1.165) is 19.1 Å². The van der Waals surface area contributed by atoms with Crippen LogP contribution in [0, 0.1) is 0 Å². The molecule has 6 heteroatoms. The molecule has 0 fully saturated rings. The molecule has 1 aliphatic heterocycles. The van der Waals surface area contributed by atoms with E-state index in [0.29, 0.717) is 32.6 Å². The van der Waals surface area contributed by atoms with Crippen molar-refractivity contribution >= 4 is 18.1 Å². The summed E-state index contributed by atoms with van der Waals surface area (Å²) in [6.07, 6.45) is 6.02. The number of ether oxygens (including phenoxy) is 2. The Morgan fingerprint density at radius 3 is 2.08 bits per heavy atom. The summed E-state index contributed by atoms with van der Waals surface area (Å²) in [7, 11) is 0. The molecule has 2 amide bonds. The highest BCUT2D eigenvalue weighted by molar-refractivity contribution is 6.12. The number of amides is 2. The minimum Gasteiger partial charge on any atom is -0.375 e. The Balaban J connectivity index is 2.27. The molecular weight excluding hydrogens is 310 g/mol. The van der Waals surface area contributed by atoms with Gasteiger partial charge in [-0.05, 0) is 47.0 Å². The van der Waals surface area contributed by atoms with Gasteiger partial charge in [0.25, 0.3) is 11.8 Å². The number of rotatable bonds is 12. The van der Waals surface area contributed by atoms with E-state index in [4.69, 9.17) is 9.47 Å². The van der Waals surface area contributed by atoms with Crippen LogP contribution in [-0.4, -0.2) is 54.0 Å². The zero-order valence-corrected chi connectivity index (χ0v) is 15.2. The number of imide groups is 1. The fraction of sp³-hybridized carbons (Fsp3) is 0.722. The van der Waals surface area contributed by atoms with E-state index in [1.165, 1.54) is 17.1 Å². The van der Waals surface area contributed by atoms with E-state index in [9.17, 15) is 14.4 Å². The highest BCUT2D eigenvalue weighted by Crippen LogP contribution is 2.21. The molecule has 0 aromatic rings. The summed E-state index contributed by atoms with van der Waals surface area (Å²) >= 11 is 0. The summed E-state index contributed by atoms with van der Waals surface area (Å²) in [6.45, 7) is 9.32. The first-order chi connectivity index (χ1) is 11.2. The Hall–Kier alpha value is -1.53. The van der Waals surface area contributed by atoms with Crippen molar-refractivity contribution < 1.29 is 23.9 Å². The second-order valence-electron chi connectivity index (χ2n) is 7.19. The number of aldehydes is 1. The van der Waals surface area contributed by atoms with Crippen LogP contribution in [0.15, 0.2) is 12.2 Å². The van der Waals surface area contributed by atoms with E-state index in [1.54, 1.807) is 0 Å². The van der Waals surface area contributed by atoms with Gasteiger partial charge >= 0.3 is 0 Å². The molecule has 0 spiro atoms. The Morgan fingerprint density at radius 2 is 1.50 bits per heavy atom. The third-order valence-corrected chi connectivity index (χ3v) is 3.99. The molecule has 6 nitrogen and oxygen atoms in total. The van der Waals surface area contributed by atoms with Gasteiger partial charge in [-0.2, -0.15) is 0 Å². The standard InChI is InChI=1S/C18H29NO5/c1-17(2,9-11-19-15(21)7-8-16(19)22)24-14-10-18(3,4)23-13-6-5-12-20/h7-8,12H,5-6,9-11,13-14H2,1-4H3. The van der Waals surface area contributed by atoms with Gasteiger partial charge in [0.05, 0.1) is 17.8 Å². The molecule has 0 aromatic carbocycles. The van der Waals surface area contributed by atoms with Crippen LogP contribution >= 0.6 is 0 Å². The van der Waals surface area contributed by atoms with Crippen molar-refractivity contribution in [2.24, 2.45) is 0 Å². The van der Waals surface area contributed by atoms with Crippen molar-refractivity contribution in [1.82, 2.24) is 4.90 Å². The molecule has 0 radical (unpaired) electrons. The molecule has 0 unspecified atom stereocenters. The maximum atomic E-state index is 11.5. The average Bonchev–Trinajstić information content (AvgIpc) is 2.80. The Labute approximate surface area is 144 Å². The molecule has 0 aromatic heterocycles. The van der Waals surface area contributed by atoms with Crippen LogP contribution in [0.2, 0.25) is 0 Å². The third kappa shape index (κ3) is 7.36. The molecule has 0 atom stereocenters. The topological polar surface area (TPSA) is 72.9 Å². The van der Waals surface area contributed by atoms with Crippen molar-refractivity contribution in [1.29, 1.82) is 0 Å². The van der Waals surface area contributed by atoms with Crippen molar-refractivity contribution in [2.75, 3.05) is 19.8 Å². The van der Waals surface area contributed by atoms with Crippen LogP contribution < -0.4 is 0 Å². The first kappa shape index (κ1) is 20.5. The summed E-state index contributed by atoms with van der Waals surface area (Å²) in [5, 5.41) is 0. The van der Waals surface area contributed by atoms with Crippen LogP contribution in [0.3, 0.4) is 0 Å². The third-order valence-electron chi connectivity index (χ3n) is 3.99. The molecule has 0 bridgehead atoms. The highest BCUT2D eigenvalue weighted by atomic mass is 16.5. The molecule has 0 N–H and O–H groups in total. The van der Waals surface area contributed by atoms with Crippen molar-refractivity contribution in [3.63, 3.8) is 0 Å². The fourth-order valence-electron chi connectivity index (χ4n) is 2.27. The number of hydrogen-bond acceptors (Lipinski definition) is 5. The number of carbonyl (C=O) groups excluding carboxylic acids is 3. The summed E-state index contributed by atoms with van der Waals surface area (Å²) in [5.74, 6) is -0.527. The maximum absolute atomic E-state index is 11.5. The lowest BCUT2D eigenvalue weighted by Crippen LogP contribution is -2.37. The van der Waals surface area contributed by atoms with E-state index in [2.05, 4.69) is 0 Å². The summed E-state index contributed by atoms with van der Waals surface area (Å²) in [5.41, 5.74) is -0.749. The van der Waals surface area contributed by atoms with Gasteiger partial charge < -0.3 is 14.3 Å². The van der Waals surface area contributed by atoms with Gasteiger partial charge in [0, 0.05) is 31.7 Å². The van der Waals surface area contributed by atoms with Crippen LogP contribution in [0.25, 0.3) is 0 Å². The van der Waals surface area contributed by atoms with Gasteiger partial charge in [-0.15, -0.1) is 0 Å². The van der Waals surface area contributed by atoms with Crippen molar-refractivity contribution in [3.05, 3.63) is 12.2 Å². The van der Waals surface area contributed by atoms with Crippen molar-refractivity contribution in [3.8, 4) is 0 Å². The molecule has 24 heavy (non-hydrogen) atoms. The van der Waals surface area contributed by atoms with Crippen LogP contribution in [0.5, 0.6) is 0 Å². The lowest BCUT2D eigenvalue weighted by Gasteiger charge is -2.30. The average molecular weight is 339 g/mol. The van der Waals surface area contributed by atoms with Crippen LogP contribution in [0.4, 0.5) is 0 Å². The van der Waals surface area contributed by atoms with Gasteiger partial charge in [-0.1, -0.05) is 0 Å². The number of hydrogen-bond donors (Lipinski definition) is 0. The van der Waals surface area contributed by atoms with Crippen LogP contribution in [-0.2, 0) is 23.9 Å². The molecule has 0 saturated heterocycles. The highest BCUT2D eigenvalue weighted by Gasteiger charge is 2.27. The predicted octanol–water partition coefficient (Wildman–Crippen LogP) is 2.26. The Morgan fingerprint density at radius 1 is 0.958 bits per heavy atom. The van der Waals surface area contributed by atoms with Gasteiger partial charge in [-0.25, -0.2) is 0 Å². The predicted molar refractivity (Wildman–Crippen MR) is 90.5 cm³/mol. The van der Waals surface area contributed by atoms with Gasteiger partial charge in [0.1, 0.15) is 6.29 Å². The Bertz CT molecular complexity index is 464. The van der Waals surface area contributed by atoms with E-state index in [1.807, 2.05) is 27.7 Å². The van der Waals surface area contributed by atoms with E-state index >= 15 is 0 Å². The quantitative estimate of drug-likeness (QED) is 0.310. The number of carbonyl (C=O) groups is 3. The first-order valence-electron chi connectivity index (χ1n) is 8.42. The lowest BCUT2D eigenvalue weighted by atomic mass is 10.0. The minimum atomic E-state index is -0.434. The summed E-state index contributed by atoms with van der Waals surface area (Å²) in [6, 6.07) is 0. The van der Waals surface area contributed by atoms with Gasteiger partial charge in [-0.3, -0.25) is 14.5 Å². The molecule has 1 heterocycles. The fourth-order valence-corrected chi connectivity index (χ4v) is 2.27. The zero-order valence-electron chi connectivity index (χ0n) is 15.2. The molecule has 136 valence electrons. The number of nitrogens with zero attached hydrogens (tertiary/aromatic N) is 1. The first-order valence-corrected chi connectivity index (χ1v) is 8.42. The summed E-state index contributed by atoms with van der Waals surface area (Å²) < 4.78 is 11.7. The molecular formula is C18H29NO5. The smallest absolute Gasteiger partial charge is 0.253 e. The number of unbranched alkanes of at least 4 members (excludes halogenated alkanes) is 1. The van der Waals surface area contributed by atoms with E-state index < -0.39 is 5.60 Å². The minimum absolute atomic E-state index is 0.263. The monoisotopic (exact) mass is 339 g/mol. The molecule has 1 aliphatic rings. The largest absolute Gasteiger partial charge is 0.375 e. The normalized spacial score (nSPS) is 15.4. The Kier molecular flexibility index (Phi) is 7.76. The molecule has 1 rings (SSSR count). The maximum Gasteiger partial charge on any atom is 0.253 e. The van der Waals surface area contributed by atoms with Gasteiger partial charge in [0.2, 0.25) is 0 Å².